The molecule has 11 nitrogen and oxygen atoms in total. The molecule has 0 amide bonds. The highest BCUT2D eigenvalue weighted by atomic mass is 16.7. The molecule has 1 aromatic carbocycles. The lowest BCUT2D eigenvalue weighted by molar-refractivity contribution is -0.384. The number of carboxylic acids is 1. The van der Waals surface area contributed by atoms with Crippen LogP contribution in [0.3, 0.4) is 0 Å². The van der Waals surface area contributed by atoms with Crippen LogP contribution in [0.25, 0.3) is 0 Å². The van der Waals surface area contributed by atoms with Gasteiger partial charge in [-0.3, -0.25) is 14.9 Å². The van der Waals surface area contributed by atoms with Crippen molar-refractivity contribution in [3.05, 3.63) is 34.4 Å². The molecule has 0 heterocycles. The third kappa shape index (κ3) is 15.3. The van der Waals surface area contributed by atoms with E-state index in [-0.39, 0.29) is 31.1 Å². The van der Waals surface area contributed by atoms with Gasteiger partial charge in [-0.1, -0.05) is 51.9 Å². The molecule has 0 aliphatic carbocycles. The van der Waals surface area contributed by atoms with Gasteiger partial charge in [-0.25, -0.2) is 4.79 Å². The largest absolute Gasteiger partial charge is 0.550 e. The van der Waals surface area contributed by atoms with Crippen LogP contribution in [0.15, 0.2) is 24.3 Å². The number of rotatable bonds is 19. The first-order chi connectivity index (χ1) is 16.8. The number of non-ortho nitro benzene ring substituents is 1. The summed E-state index contributed by atoms with van der Waals surface area (Å²) in [7, 11) is 0. The highest BCUT2D eigenvalue weighted by molar-refractivity contribution is 5.71. The number of hydrogen-bond acceptors (Lipinski definition) is 10. The molecule has 1 atom stereocenters. The maximum Gasteiger partial charge on any atom is 0.513 e. The highest BCUT2D eigenvalue weighted by Crippen LogP contribution is 2.17. The Bertz CT molecular complexity index is 781. The van der Waals surface area contributed by atoms with Gasteiger partial charge in [0.2, 0.25) is 0 Å². The molecule has 0 aromatic heterocycles. The second-order valence-corrected chi connectivity index (χ2v) is 7.94. The molecular formula is C24H34NO10-. The zero-order chi connectivity index (χ0) is 25.9. The average molecular weight is 497 g/mol. The number of hydrogen-bond donors (Lipinski definition) is 0. The number of nitro groups is 1. The van der Waals surface area contributed by atoms with Crippen molar-refractivity contribution in [2.24, 2.45) is 0 Å². The van der Waals surface area contributed by atoms with Crippen LogP contribution in [0.1, 0.15) is 71.1 Å². The number of carboxylic acid groups (broad SMARTS) is 1. The molecule has 1 unspecified atom stereocenters. The molecule has 0 aliphatic rings. The lowest BCUT2D eigenvalue weighted by Gasteiger charge is -2.18. The number of aliphatic carboxylic acids is 1. The fourth-order valence-corrected chi connectivity index (χ4v) is 3.10. The van der Waals surface area contributed by atoms with Crippen LogP contribution in [0.4, 0.5) is 10.5 Å². The minimum absolute atomic E-state index is 0.0332. The first-order valence-electron chi connectivity index (χ1n) is 11.9. The molecule has 0 saturated carbocycles. The summed E-state index contributed by atoms with van der Waals surface area (Å²) in [5.41, 5.74) is -0.165. The van der Waals surface area contributed by atoms with Gasteiger partial charge >= 0.3 is 12.1 Å². The van der Waals surface area contributed by atoms with E-state index >= 15 is 0 Å². The quantitative estimate of drug-likeness (QED) is 0.0910. The summed E-state index contributed by atoms with van der Waals surface area (Å²) in [6, 6.07) is 4.78. The van der Waals surface area contributed by atoms with Crippen LogP contribution >= 0.6 is 0 Å². The molecule has 0 aliphatic heterocycles. The number of unbranched alkanes of at least 4 members (excludes halogenated alkanes) is 7. The highest BCUT2D eigenvalue weighted by Gasteiger charge is 2.17. The summed E-state index contributed by atoms with van der Waals surface area (Å²) in [6.45, 7) is 2.19. The maximum atomic E-state index is 12.0. The van der Waals surface area contributed by atoms with Gasteiger partial charge in [0, 0.05) is 31.1 Å². The Morgan fingerprint density at radius 3 is 2.17 bits per heavy atom. The van der Waals surface area contributed by atoms with Gasteiger partial charge in [0.05, 0.1) is 18.0 Å². The third-order valence-electron chi connectivity index (χ3n) is 4.91. The van der Waals surface area contributed by atoms with Gasteiger partial charge in [-0.15, -0.1) is 0 Å². The Hall–Kier alpha value is -3.21. The fraction of sp³-hybridized carbons (Fsp3) is 0.625. The van der Waals surface area contributed by atoms with E-state index in [9.17, 15) is 29.6 Å². The van der Waals surface area contributed by atoms with Crippen LogP contribution in [-0.2, 0) is 23.8 Å². The number of benzene rings is 1. The molecule has 0 saturated heterocycles. The molecule has 0 radical (unpaired) electrons. The molecule has 196 valence electrons. The third-order valence-corrected chi connectivity index (χ3v) is 4.91. The van der Waals surface area contributed by atoms with Gasteiger partial charge in [-0.05, 0) is 18.6 Å². The fourth-order valence-electron chi connectivity index (χ4n) is 3.10. The number of nitrogens with zero attached hydrogens (tertiary/aromatic N) is 1. The second-order valence-electron chi connectivity index (χ2n) is 7.94. The van der Waals surface area contributed by atoms with Crippen molar-refractivity contribution in [2.45, 2.75) is 77.2 Å². The van der Waals surface area contributed by atoms with Gasteiger partial charge in [-0.2, -0.15) is 0 Å². The molecule has 0 N–H and O–H groups in total. The number of nitro benzene ring substituents is 1. The van der Waals surface area contributed by atoms with E-state index in [1.54, 1.807) is 0 Å². The number of carbonyl (C=O) groups is 3. The average Bonchev–Trinajstić information content (AvgIpc) is 2.80. The lowest BCUT2D eigenvalue weighted by atomic mass is 10.1. The zero-order valence-corrected chi connectivity index (χ0v) is 20.1. The Morgan fingerprint density at radius 1 is 0.943 bits per heavy atom. The van der Waals surface area contributed by atoms with Gasteiger partial charge < -0.3 is 28.8 Å². The van der Waals surface area contributed by atoms with E-state index < -0.39 is 35.5 Å². The van der Waals surface area contributed by atoms with Crippen molar-refractivity contribution in [1.82, 2.24) is 0 Å². The molecular weight excluding hydrogens is 462 g/mol. The molecule has 0 fully saturated rings. The smallest absolute Gasteiger partial charge is 0.513 e. The van der Waals surface area contributed by atoms with Gasteiger partial charge in [0.25, 0.3) is 5.69 Å². The molecule has 1 rings (SSSR count). The topological polar surface area (TPSA) is 154 Å². The predicted octanol–water partition coefficient (Wildman–Crippen LogP) is 3.71. The summed E-state index contributed by atoms with van der Waals surface area (Å²) in [5, 5.41) is 21.5. The maximum absolute atomic E-state index is 12.0. The Kier molecular flexibility index (Phi) is 15.5. The molecule has 35 heavy (non-hydrogen) atoms. The second kappa shape index (κ2) is 18.2. The van der Waals surface area contributed by atoms with E-state index in [4.69, 9.17) is 18.9 Å². The normalized spacial score (nSPS) is 11.5. The summed E-state index contributed by atoms with van der Waals surface area (Å²) >= 11 is 0. The Labute approximate surface area is 204 Å². The summed E-state index contributed by atoms with van der Waals surface area (Å²) < 4.78 is 20.2. The molecule has 1 aromatic rings. The molecule has 0 spiro atoms. The minimum atomic E-state index is -1.37. The van der Waals surface area contributed by atoms with E-state index in [1.165, 1.54) is 44.2 Å². The van der Waals surface area contributed by atoms with Crippen LogP contribution < -0.4 is 9.84 Å². The lowest BCUT2D eigenvalue weighted by Crippen LogP contribution is -2.33. The standard InChI is InChI=1S/C24H35NO10/c1-2-3-4-5-6-7-8-9-15-32-18-21(17-22(26)27)34-23(28)14-16-33-24(29)35-20-12-10-19(11-13-20)25(30)31/h10-13,21H,2-9,14-18H2,1H3,(H,26,27)/p-1. The summed E-state index contributed by atoms with van der Waals surface area (Å²) in [5.74, 6) is -2.11. The molecule has 11 heteroatoms. The van der Waals surface area contributed by atoms with Crippen molar-refractivity contribution in [3.63, 3.8) is 0 Å². The van der Waals surface area contributed by atoms with Crippen molar-refractivity contribution >= 4 is 23.8 Å². The Balaban J connectivity index is 2.23. The van der Waals surface area contributed by atoms with Crippen LogP contribution in [0.5, 0.6) is 5.75 Å². The first-order valence-corrected chi connectivity index (χ1v) is 11.9. The van der Waals surface area contributed by atoms with Crippen LogP contribution in [0, 0.1) is 10.1 Å². The predicted molar refractivity (Wildman–Crippen MR) is 123 cm³/mol. The van der Waals surface area contributed by atoms with E-state index in [0.29, 0.717) is 6.61 Å². The minimum Gasteiger partial charge on any atom is -0.550 e. The summed E-state index contributed by atoms with van der Waals surface area (Å²) in [4.78, 5) is 44.6. The summed E-state index contributed by atoms with van der Waals surface area (Å²) in [6.07, 6.45) is 6.20. The van der Waals surface area contributed by atoms with E-state index in [1.807, 2.05) is 0 Å². The van der Waals surface area contributed by atoms with Crippen LogP contribution in [-0.4, -0.2) is 48.9 Å². The number of ether oxygens (including phenoxy) is 4. The monoisotopic (exact) mass is 496 g/mol. The van der Waals surface area contributed by atoms with E-state index in [0.717, 1.165) is 31.4 Å². The van der Waals surface area contributed by atoms with Crippen LogP contribution in [0.2, 0.25) is 0 Å². The SMILES string of the molecule is CCCCCCCCCCOCC(CC(=O)[O-])OC(=O)CCOC(=O)Oc1ccc([N+](=O)[O-])cc1. The van der Waals surface area contributed by atoms with Gasteiger partial charge in [0.15, 0.2) is 0 Å². The number of esters is 1. The zero-order valence-electron chi connectivity index (χ0n) is 20.1. The Morgan fingerprint density at radius 2 is 1.57 bits per heavy atom. The molecule has 0 bridgehead atoms. The van der Waals surface area contributed by atoms with Crippen molar-refractivity contribution in [1.29, 1.82) is 0 Å². The van der Waals surface area contributed by atoms with Crippen molar-refractivity contribution in [3.8, 4) is 5.75 Å². The first kappa shape index (κ1) is 29.8. The van der Waals surface area contributed by atoms with E-state index in [2.05, 4.69) is 6.92 Å². The van der Waals surface area contributed by atoms with Gasteiger partial charge in [0.1, 0.15) is 18.5 Å². The van der Waals surface area contributed by atoms with Crippen molar-refractivity contribution in [2.75, 3.05) is 19.8 Å². The number of carbonyl (C=O) groups excluding carboxylic acids is 3. The van der Waals surface area contributed by atoms with Crippen molar-refractivity contribution < 1.29 is 43.4 Å².